The molecule has 0 aromatic heterocycles. The van der Waals surface area contributed by atoms with Crippen LogP contribution in [-0.2, 0) is 20.7 Å². The van der Waals surface area contributed by atoms with Gasteiger partial charge in [-0.1, -0.05) is 50.3 Å². The van der Waals surface area contributed by atoms with Crippen molar-refractivity contribution < 1.29 is 19.1 Å². The number of benzene rings is 1. The SMILES string of the molecule is CC(C)(C)OC(=O)N[C@@H](CC1CCCCC1)[C@@H]1C[C@@H](Cc2ccccc2C#N)OC1=O. The lowest BCUT2D eigenvalue weighted by atomic mass is 9.81. The van der Waals surface area contributed by atoms with E-state index in [0.29, 0.717) is 24.3 Å². The number of nitrogens with zero attached hydrogens (tertiary/aromatic N) is 1. The Bertz CT molecular complexity index is 818. The Morgan fingerprint density at radius 1 is 1.26 bits per heavy atom. The number of cyclic esters (lactones) is 1. The first kappa shape index (κ1) is 23.1. The number of esters is 1. The highest BCUT2D eigenvalue weighted by molar-refractivity contribution is 5.77. The van der Waals surface area contributed by atoms with Gasteiger partial charge in [-0.15, -0.1) is 0 Å². The zero-order chi connectivity index (χ0) is 22.4. The van der Waals surface area contributed by atoms with Crippen LogP contribution in [-0.4, -0.2) is 29.8 Å². The van der Waals surface area contributed by atoms with Crippen molar-refractivity contribution in [1.29, 1.82) is 5.26 Å². The Balaban J connectivity index is 1.70. The number of nitrogens with one attached hydrogen (secondary N) is 1. The molecule has 6 nitrogen and oxygen atoms in total. The summed E-state index contributed by atoms with van der Waals surface area (Å²) in [6.45, 7) is 5.49. The normalized spacial score (nSPS) is 23.0. The third-order valence-corrected chi connectivity index (χ3v) is 6.19. The van der Waals surface area contributed by atoms with E-state index in [-0.39, 0.29) is 18.1 Å². The topological polar surface area (TPSA) is 88.4 Å². The maximum absolute atomic E-state index is 12.8. The molecule has 1 N–H and O–H groups in total. The molecule has 1 aromatic carbocycles. The lowest BCUT2D eigenvalue weighted by molar-refractivity contribution is -0.145. The standard InChI is InChI=1S/C25H34N2O4/c1-25(2,3)31-24(29)27-22(13-17-9-5-4-6-10-17)21-15-20(30-23(21)28)14-18-11-7-8-12-19(18)16-26/h7-8,11-12,17,20-22H,4-6,9-10,13-15H2,1-3H3,(H,27,29)/t20-,21+,22+/m1/s1. The molecule has 1 aliphatic carbocycles. The fraction of sp³-hybridized carbons (Fsp3) is 0.640. The smallest absolute Gasteiger partial charge is 0.407 e. The summed E-state index contributed by atoms with van der Waals surface area (Å²) in [5, 5.41) is 12.3. The summed E-state index contributed by atoms with van der Waals surface area (Å²) >= 11 is 0. The minimum Gasteiger partial charge on any atom is -0.462 e. The Hall–Kier alpha value is -2.55. The summed E-state index contributed by atoms with van der Waals surface area (Å²) in [5.41, 5.74) is 0.888. The molecule has 0 radical (unpaired) electrons. The van der Waals surface area contributed by atoms with Crippen molar-refractivity contribution in [3.05, 3.63) is 35.4 Å². The summed E-state index contributed by atoms with van der Waals surface area (Å²) in [6.07, 6.45) is 6.95. The average Bonchev–Trinajstić information content (AvgIpc) is 3.07. The number of nitriles is 1. The van der Waals surface area contributed by atoms with Gasteiger partial charge in [0, 0.05) is 12.5 Å². The molecular formula is C25H34N2O4. The maximum atomic E-state index is 12.8. The summed E-state index contributed by atoms with van der Waals surface area (Å²) in [7, 11) is 0. The number of carbonyl (C=O) groups excluding carboxylic acids is 2. The number of alkyl carbamates (subject to hydrolysis) is 1. The number of amides is 1. The van der Waals surface area contributed by atoms with Crippen LogP contribution < -0.4 is 5.32 Å². The quantitative estimate of drug-likeness (QED) is 0.654. The van der Waals surface area contributed by atoms with Crippen LogP contribution in [0.25, 0.3) is 0 Å². The van der Waals surface area contributed by atoms with Gasteiger partial charge < -0.3 is 14.8 Å². The molecule has 0 bridgehead atoms. The van der Waals surface area contributed by atoms with Crippen LogP contribution in [0.15, 0.2) is 24.3 Å². The Morgan fingerprint density at radius 3 is 2.65 bits per heavy atom. The second kappa shape index (κ2) is 10.2. The fourth-order valence-corrected chi connectivity index (χ4v) is 4.75. The molecule has 168 valence electrons. The summed E-state index contributed by atoms with van der Waals surface area (Å²) in [5.74, 6) is -0.162. The molecule has 31 heavy (non-hydrogen) atoms. The van der Waals surface area contributed by atoms with Gasteiger partial charge in [-0.3, -0.25) is 4.79 Å². The molecule has 1 heterocycles. The molecule has 6 heteroatoms. The van der Waals surface area contributed by atoms with Gasteiger partial charge in [0.25, 0.3) is 0 Å². The van der Waals surface area contributed by atoms with E-state index in [9.17, 15) is 14.9 Å². The highest BCUT2D eigenvalue weighted by atomic mass is 16.6. The summed E-state index contributed by atoms with van der Waals surface area (Å²) in [4.78, 5) is 25.3. The summed E-state index contributed by atoms with van der Waals surface area (Å²) in [6, 6.07) is 9.30. The molecule has 2 fully saturated rings. The minimum atomic E-state index is -0.598. The van der Waals surface area contributed by atoms with Crippen molar-refractivity contribution in [1.82, 2.24) is 5.32 Å². The predicted molar refractivity (Wildman–Crippen MR) is 117 cm³/mol. The van der Waals surface area contributed by atoms with E-state index in [4.69, 9.17) is 9.47 Å². The Morgan fingerprint density at radius 2 is 1.97 bits per heavy atom. The molecule has 2 aliphatic rings. The Labute approximate surface area is 185 Å². The van der Waals surface area contributed by atoms with Crippen molar-refractivity contribution in [2.24, 2.45) is 11.8 Å². The second-order valence-corrected chi connectivity index (χ2v) is 9.87. The van der Waals surface area contributed by atoms with Crippen molar-refractivity contribution in [3.8, 4) is 6.07 Å². The lowest BCUT2D eigenvalue weighted by Gasteiger charge is -2.30. The first-order chi connectivity index (χ1) is 14.7. The van der Waals surface area contributed by atoms with Gasteiger partial charge >= 0.3 is 12.1 Å². The Kier molecular flexibility index (Phi) is 7.59. The number of ether oxygens (including phenoxy) is 2. The van der Waals surface area contributed by atoms with Crippen LogP contribution in [0.3, 0.4) is 0 Å². The van der Waals surface area contributed by atoms with E-state index in [2.05, 4.69) is 11.4 Å². The van der Waals surface area contributed by atoms with Crippen molar-refractivity contribution in [3.63, 3.8) is 0 Å². The molecule has 3 rings (SSSR count). The molecule has 0 spiro atoms. The number of hydrogen-bond acceptors (Lipinski definition) is 5. The molecule has 1 saturated heterocycles. The first-order valence-electron chi connectivity index (χ1n) is 11.4. The predicted octanol–water partition coefficient (Wildman–Crippen LogP) is 4.90. The van der Waals surface area contributed by atoms with E-state index in [1.807, 2.05) is 39.0 Å². The van der Waals surface area contributed by atoms with E-state index in [0.717, 1.165) is 24.8 Å². The number of rotatable bonds is 6. The van der Waals surface area contributed by atoms with Crippen LogP contribution in [0, 0.1) is 23.2 Å². The summed E-state index contributed by atoms with van der Waals surface area (Å²) < 4.78 is 11.2. The van der Waals surface area contributed by atoms with Gasteiger partial charge in [-0.05, 0) is 51.2 Å². The zero-order valence-corrected chi connectivity index (χ0v) is 18.9. The van der Waals surface area contributed by atoms with Crippen LogP contribution in [0.2, 0.25) is 0 Å². The fourth-order valence-electron chi connectivity index (χ4n) is 4.75. The van der Waals surface area contributed by atoms with Crippen LogP contribution in [0.4, 0.5) is 4.79 Å². The van der Waals surface area contributed by atoms with Crippen LogP contribution in [0.1, 0.15) is 76.8 Å². The largest absolute Gasteiger partial charge is 0.462 e. The molecule has 1 aromatic rings. The maximum Gasteiger partial charge on any atom is 0.407 e. The number of carbonyl (C=O) groups is 2. The monoisotopic (exact) mass is 426 g/mol. The molecule has 1 saturated carbocycles. The molecule has 1 amide bonds. The van der Waals surface area contributed by atoms with E-state index >= 15 is 0 Å². The van der Waals surface area contributed by atoms with E-state index in [1.165, 1.54) is 19.3 Å². The van der Waals surface area contributed by atoms with Crippen LogP contribution >= 0.6 is 0 Å². The third-order valence-electron chi connectivity index (χ3n) is 6.19. The van der Waals surface area contributed by atoms with E-state index < -0.39 is 17.6 Å². The van der Waals surface area contributed by atoms with Crippen molar-refractivity contribution in [2.45, 2.75) is 89.9 Å². The lowest BCUT2D eigenvalue weighted by Crippen LogP contribution is -2.45. The molecule has 3 atom stereocenters. The first-order valence-corrected chi connectivity index (χ1v) is 11.4. The third kappa shape index (κ3) is 6.72. The average molecular weight is 427 g/mol. The molecular weight excluding hydrogens is 392 g/mol. The highest BCUT2D eigenvalue weighted by Gasteiger charge is 2.41. The van der Waals surface area contributed by atoms with Gasteiger partial charge in [0.2, 0.25) is 0 Å². The van der Waals surface area contributed by atoms with Gasteiger partial charge in [0.1, 0.15) is 11.7 Å². The van der Waals surface area contributed by atoms with E-state index in [1.54, 1.807) is 6.07 Å². The zero-order valence-electron chi connectivity index (χ0n) is 18.9. The molecule has 0 unspecified atom stereocenters. The van der Waals surface area contributed by atoms with Crippen LogP contribution in [0.5, 0.6) is 0 Å². The van der Waals surface area contributed by atoms with Gasteiger partial charge in [-0.25, -0.2) is 4.79 Å². The van der Waals surface area contributed by atoms with Crippen molar-refractivity contribution in [2.75, 3.05) is 0 Å². The second-order valence-electron chi connectivity index (χ2n) is 9.87. The van der Waals surface area contributed by atoms with Gasteiger partial charge in [-0.2, -0.15) is 5.26 Å². The van der Waals surface area contributed by atoms with Gasteiger partial charge in [0.15, 0.2) is 0 Å². The number of hydrogen-bond donors (Lipinski definition) is 1. The van der Waals surface area contributed by atoms with Crippen molar-refractivity contribution >= 4 is 12.1 Å². The minimum absolute atomic E-state index is 0.267. The van der Waals surface area contributed by atoms with Gasteiger partial charge in [0.05, 0.1) is 17.6 Å². The highest BCUT2D eigenvalue weighted by Crippen LogP contribution is 2.34. The molecule has 1 aliphatic heterocycles.